The molecular weight excluding hydrogens is 813 g/mol. The number of aromatic hydroxyl groups is 1. The smallest absolute Gasteiger partial charge is 0.260 e. The zero-order valence-electron chi connectivity index (χ0n) is 33.9. The Labute approximate surface area is 361 Å². The van der Waals surface area contributed by atoms with Crippen molar-refractivity contribution >= 4 is 58.8 Å². The number of ether oxygens (including phenoxy) is 3. The second-order valence-corrected chi connectivity index (χ2v) is 16.3. The van der Waals surface area contributed by atoms with Crippen LogP contribution in [0.1, 0.15) is 41.0 Å². The molecule has 3 fully saturated rings. The van der Waals surface area contributed by atoms with E-state index in [4.69, 9.17) is 25.8 Å². The van der Waals surface area contributed by atoms with Gasteiger partial charge >= 0.3 is 0 Å². The van der Waals surface area contributed by atoms with E-state index in [2.05, 4.69) is 5.43 Å². The maximum atomic E-state index is 15.4. The largest absolute Gasteiger partial charge is 0.508 e. The van der Waals surface area contributed by atoms with Crippen molar-refractivity contribution in [2.24, 2.45) is 23.7 Å². The minimum absolute atomic E-state index is 0.0586. The standard InChI is InChI=1S/C49H41ClFN3O8/c1-60-35-19-23-41(61-2)28(24-35)7-4-27-5-16-33(17-6-27)53-45(56)38-22-21-36-39(43(38)47(53)58)26-40-46(57)54(52-32-14-12-31(51)13-15-32)48(59)49(40,29-8-10-30(50)11-9-29)44(36)37-20-18-34(55)25-42(37)62-3/h4-21,23-25,38-40,43-44,52,55H,22,26H2,1-3H3. The number of hydrogen-bond acceptors (Lipinski definition) is 9. The Morgan fingerprint density at radius 3 is 2.19 bits per heavy atom. The first-order valence-corrected chi connectivity index (χ1v) is 20.5. The van der Waals surface area contributed by atoms with Crippen LogP contribution in [0.3, 0.4) is 0 Å². The lowest BCUT2D eigenvalue weighted by molar-refractivity contribution is -0.138. The summed E-state index contributed by atoms with van der Waals surface area (Å²) in [6.07, 6.45) is 6.00. The lowest BCUT2D eigenvalue weighted by Gasteiger charge is -2.50. The van der Waals surface area contributed by atoms with Gasteiger partial charge in [0.2, 0.25) is 11.8 Å². The summed E-state index contributed by atoms with van der Waals surface area (Å²) >= 11 is 6.41. The van der Waals surface area contributed by atoms with Crippen LogP contribution in [0.2, 0.25) is 5.02 Å². The number of imide groups is 2. The molecule has 2 saturated heterocycles. The van der Waals surface area contributed by atoms with Gasteiger partial charge in [0, 0.05) is 28.1 Å². The van der Waals surface area contributed by atoms with E-state index in [1.165, 1.54) is 48.4 Å². The molecule has 2 heterocycles. The van der Waals surface area contributed by atoms with Gasteiger partial charge in [-0.15, -0.1) is 0 Å². The molecule has 6 atom stereocenters. The van der Waals surface area contributed by atoms with E-state index in [0.29, 0.717) is 44.6 Å². The number of phenolic OH excluding ortho intramolecular Hbond substituents is 1. The highest BCUT2D eigenvalue weighted by atomic mass is 35.5. The number of amides is 4. The number of methoxy groups -OCH3 is 3. The van der Waals surface area contributed by atoms with Crippen LogP contribution < -0.4 is 24.5 Å². The Bertz CT molecular complexity index is 2690. The normalized spacial score (nSPS) is 24.1. The molecule has 2 aliphatic carbocycles. The molecule has 0 aromatic heterocycles. The van der Waals surface area contributed by atoms with Crippen molar-refractivity contribution in [1.29, 1.82) is 0 Å². The van der Waals surface area contributed by atoms with Crippen LogP contribution in [0, 0.1) is 29.5 Å². The van der Waals surface area contributed by atoms with Gasteiger partial charge in [0.15, 0.2) is 0 Å². The summed E-state index contributed by atoms with van der Waals surface area (Å²) in [6.45, 7) is 0. The number of halogens is 2. The molecule has 5 aromatic carbocycles. The lowest BCUT2D eigenvalue weighted by atomic mass is 9.49. The first-order valence-electron chi connectivity index (χ1n) is 20.1. The van der Waals surface area contributed by atoms with Crippen molar-refractivity contribution in [2.45, 2.75) is 24.2 Å². The number of carbonyl (C=O) groups excluding carboxylic acids is 4. The van der Waals surface area contributed by atoms with Crippen molar-refractivity contribution in [3.8, 4) is 23.0 Å². The second kappa shape index (κ2) is 15.8. The van der Waals surface area contributed by atoms with E-state index < -0.39 is 58.5 Å². The summed E-state index contributed by atoms with van der Waals surface area (Å²) < 4.78 is 30.7. The lowest BCUT2D eigenvalue weighted by Crippen LogP contribution is -2.53. The minimum Gasteiger partial charge on any atom is -0.508 e. The van der Waals surface area contributed by atoms with E-state index in [-0.39, 0.29) is 30.2 Å². The van der Waals surface area contributed by atoms with Gasteiger partial charge in [-0.3, -0.25) is 29.5 Å². The first kappa shape index (κ1) is 40.5. The van der Waals surface area contributed by atoms with Crippen LogP contribution >= 0.6 is 11.6 Å². The number of nitrogens with zero attached hydrogens (tertiary/aromatic N) is 2. The van der Waals surface area contributed by atoms with Crippen molar-refractivity contribution in [3.05, 3.63) is 154 Å². The van der Waals surface area contributed by atoms with Crippen LogP contribution in [0.4, 0.5) is 15.8 Å². The topological polar surface area (TPSA) is 135 Å². The molecule has 9 rings (SSSR count). The number of benzene rings is 5. The average molecular weight is 854 g/mol. The van der Waals surface area contributed by atoms with Crippen molar-refractivity contribution in [1.82, 2.24) is 5.01 Å². The molecule has 0 spiro atoms. The summed E-state index contributed by atoms with van der Waals surface area (Å²) in [6, 6.07) is 29.3. The monoisotopic (exact) mass is 853 g/mol. The van der Waals surface area contributed by atoms with E-state index in [0.717, 1.165) is 16.1 Å². The fourth-order valence-electron chi connectivity index (χ4n) is 10.1. The zero-order chi connectivity index (χ0) is 43.4. The molecule has 5 aromatic rings. The van der Waals surface area contributed by atoms with Gasteiger partial charge in [0.1, 0.15) is 28.8 Å². The van der Waals surface area contributed by atoms with E-state index in [9.17, 15) is 23.9 Å². The van der Waals surface area contributed by atoms with Crippen LogP contribution in [-0.4, -0.2) is 55.1 Å². The summed E-state index contributed by atoms with van der Waals surface area (Å²) in [5, 5.41) is 12.0. The van der Waals surface area contributed by atoms with Crippen LogP contribution in [0.25, 0.3) is 12.2 Å². The van der Waals surface area contributed by atoms with Gasteiger partial charge in [-0.2, -0.15) is 5.01 Å². The number of rotatable bonds is 10. The zero-order valence-corrected chi connectivity index (χ0v) is 34.6. The van der Waals surface area contributed by atoms with Crippen molar-refractivity contribution < 1.29 is 42.9 Å². The molecule has 314 valence electrons. The first-order chi connectivity index (χ1) is 30.0. The molecule has 13 heteroatoms. The summed E-state index contributed by atoms with van der Waals surface area (Å²) in [5.74, 6) is -5.00. The fourth-order valence-corrected chi connectivity index (χ4v) is 10.2. The third kappa shape index (κ3) is 6.48. The van der Waals surface area contributed by atoms with Gasteiger partial charge in [0.05, 0.1) is 55.9 Å². The SMILES string of the molecule is COc1ccc(OC)c(C=Cc2ccc(N3C(=O)C4CC=C5C(CC6C(=O)N(Nc7ccc(F)cc7)C(=O)C6(c6ccc(Cl)cc6)C5c5ccc(O)cc5OC)C4C3=O)cc2)c1. The Balaban J connectivity index is 1.12. The summed E-state index contributed by atoms with van der Waals surface area (Å²) in [4.78, 5) is 60.9. The van der Waals surface area contributed by atoms with Gasteiger partial charge in [-0.25, -0.2) is 4.39 Å². The van der Waals surface area contributed by atoms with Crippen molar-refractivity contribution in [2.75, 3.05) is 31.7 Å². The highest BCUT2D eigenvalue weighted by molar-refractivity contribution is 6.30. The highest BCUT2D eigenvalue weighted by Gasteiger charge is 2.70. The van der Waals surface area contributed by atoms with E-state index in [1.807, 2.05) is 48.6 Å². The predicted octanol–water partition coefficient (Wildman–Crippen LogP) is 8.57. The van der Waals surface area contributed by atoms with Crippen molar-refractivity contribution in [3.63, 3.8) is 0 Å². The number of hydrazine groups is 1. The minimum atomic E-state index is -1.61. The molecule has 62 heavy (non-hydrogen) atoms. The van der Waals surface area contributed by atoms with Gasteiger partial charge in [0.25, 0.3) is 11.8 Å². The fraction of sp³-hybridized carbons (Fsp3) is 0.224. The van der Waals surface area contributed by atoms with Crippen LogP contribution in [0.5, 0.6) is 23.0 Å². The van der Waals surface area contributed by atoms with E-state index >= 15 is 4.79 Å². The summed E-state index contributed by atoms with van der Waals surface area (Å²) in [7, 11) is 4.64. The van der Waals surface area contributed by atoms with Gasteiger partial charge < -0.3 is 19.3 Å². The average Bonchev–Trinajstić information content (AvgIpc) is 3.67. The Kier molecular flexibility index (Phi) is 10.3. The van der Waals surface area contributed by atoms with Crippen LogP contribution in [-0.2, 0) is 24.6 Å². The molecule has 0 radical (unpaired) electrons. The summed E-state index contributed by atoms with van der Waals surface area (Å²) in [5.41, 5.74) is 5.41. The Morgan fingerprint density at radius 1 is 0.774 bits per heavy atom. The molecule has 4 amide bonds. The van der Waals surface area contributed by atoms with E-state index in [1.54, 1.807) is 56.7 Å². The third-order valence-electron chi connectivity index (χ3n) is 12.8. The van der Waals surface area contributed by atoms with Crippen LogP contribution in [0.15, 0.2) is 121 Å². The van der Waals surface area contributed by atoms with Gasteiger partial charge in [-0.1, -0.05) is 65.7 Å². The maximum Gasteiger partial charge on any atom is 0.260 e. The number of fused-ring (bicyclic) bond motifs is 4. The Morgan fingerprint density at radius 2 is 1.50 bits per heavy atom. The number of phenols is 1. The third-order valence-corrected chi connectivity index (χ3v) is 13.1. The Hall–Kier alpha value is -6.92. The molecule has 1 saturated carbocycles. The molecule has 6 unspecified atom stereocenters. The number of hydrogen-bond donors (Lipinski definition) is 2. The molecule has 11 nitrogen and oxygen atoms in total. The predicted molar refractivity (Wildman–Crippen MR) is 231 cm³/mol. The second-order valence-electron chi connectivity index (χ2n) is 15.8. The number of allylic oxidation sites excluding steroid dienone is 2. The molecule has 4 aliphatic rings. The molecule has 2 N–H and O–H groups in total. The molecular formula is C49H41ClFN3O8. The van der Waals surface area contributed by atoms with Gasteiger partial charge in [-0.05, 0) is 103 Å². The number of nitrogens with one attached hydrogen (secondary N) is 1. The number of anilines is 2. The number of carbonyl (C=O) groups is 4. The quantitative estimate of drug-likeness (QED) is 0.0805. The highest BCUT2D eigenvalue weighted by Crippen LogP contribution is 2.65. The maximum absolute atomic E-state index is 15.4. The molecule has 2 aliphatic heterocycles. The molecule has 0 bridgehead atoms.